The van der Waals surface area contributed by atoms with Crippen molar-refractivity contribution < 1.29 is 51.5 Å². The summed E-state index contributed by atoms with van der Waals surface area (Å²) in [6, 6.07) is 12.3. The zero-order valence-electron chi connectivity index (χ0n) is 19.2. The van der Waals surface area contributed by atoms with Crippen molar-refractivity contribution in [1.82, 2.24) is 0 Å². The van der Waals surface area contributed by atoms with E-state index in [1.807, 2.05) is 0 Å². The maximum atomic E-state index is 14.1. The van der Waals surface area contributed by atoms with Gasteiger partial charge in [0.15, 0.2) is 35.2 Å². The monoisotopic (exact) mass is 543 g/mol. The number of rotatable bonds is 2. The molecule has 2 heterocycles. The van der Waals surface area contributed by atoms with E-state index in [0.29, 0.717) is 16.7 Å². The van der Waals surface area contributed by atoms with E-state index < -0.39 is 52.4 Å². The highest BCUT2D eigenvalue weighted by Gasteiger charge is 2.52. The summed E-state index contributed by atoms with van der Waals surface area (Å²) in [4.78, 5) is 12.5. The summed E-state index contributed by atoms with van der Waals surface area (Å²) < 4.78 is 80.7. The number of hydrogen-bond donors (Lipinski definition) is 4. The van der Waals surface area contributed by atoms with Gasteiger partial charge in [-0.1, -0.05) is 6.07 Å². The lowest BCUT2D eigenvalue weighted by Crippen LogP contribution is -2.32. The number of halogens is 5. The number of ether oxygens (including phenoxy) is 2. The van der Waals surface area contributed by atoms with E-state index in [4.69, 9.17) is 9.47 Å². The Morgan fingerprint density at radius 2 is 1.26 bits per heavy atom. The molecule has 0 unspecified atom stereocenters. The van der Waals surface area contributed by atoms with Crippen LogP contribution in [-0.4, -0.2) is 21.2 Å². The summed E-state index contributed by atoms with van der Waals surface area (Å²) in [6.07, 6.45) is -1.62. The minimum atomic E-state index is -2.40. The van der Waals surface area contributed by atoms with Gasteiger partial charge in [-0.15, -0.1) is 0 Å². The van der Waals surface area contributed by atoms with Crippen LogP contribution >= 0.6 is 0 Å². The maximum Gasteiger partial charge on any atom is 0.261 e. The molecule has 1 amide bonds. The molecule has 1 spiro atoms. The molecule has 0 bridgehead atoms. The first-order chi connectivity index (χ1) is 18.5. The first kappa shape index (κ1) is 24.6. The van der Waals surface area contributed by atoms with Crippen LogP contribution in [0, 0.1) is 29.1 Å². The van der Waals surface area contributed by atoms with Crippen LogP contribution in [0.4, 0.5) is 27.6 Å². The van der Waals surface area contributed by atoms with Crippen molar-refractivity contribution in [1.29, 1.82) is 0 Å². The first-order valence-corrected chi connectivity index (χ1v) is 11.2. The second kappa shape index (κ2) is 8.41. The average molecular weight is 543 g/mol. The Morgan fingerprint density at radius 3 is 1.82 bits per heavy atom. The van der Waals surface area contributed by atoms with E-state index in [2.05, 4.69) is 5.32 Å². The van der Waals surface area contributed by atoms with Crippen LogP contribution in [0.1, 0.15) is 38.9 Å². The molecule has 0 aromatic heterocycles. The summed E-state index contributed by atoms with van der Waals surface area (Å²) in [5.41, 5.74) is -2.11. The zero-order valence-corrected chi connectivity index (χ0v) is 19.2. The fourth-order valence-corrected chi connectivity index (χ4v) is 4.91. The molecule has 7 nitrogen and oxygen atoms in total. The quantitative estimate of drug-likeness (QED) is 0.152. The summed E-state index contributed by atoms with van der Waals surface area (Å²) in [6.45, 7) is 0. The van der Waals surface area contributed by atoms with Crippen molar-refractivity contribution in [2.24, 2.45) is 0 Å². The molecule has 198 valence electrons. The molecule has 4 aromatic carbocycles. The fourth-order valence-electron chi connectivity index (χ4n) is 4.91. The Kier molecular flexibility index (Phi) is 5.32. The van der Waals surface area contributed by atoms with Gasteiger partial charge in [0.05, 0.1) is 0 Å². The number of carbonyl (C=O) groups excluding carboxylic acids is 1. The van der Waals surface area contributed by atoms with E-state index in [1.54, 1.807) is 0 Å². The van der Waals surface area contributed by atoms with E-state index in [0.717, 1.165) is 0 Å². The maximum absolute atomic E-state index is 14.1. The third-order valence-corrected chi connectivity index (χ3v) is 6.59. The zero-order chi connectivity index (χ0) is 27.8. The van der Waals surface area contributed by atoms with Gasteiger partial charge < -0.3 is 30.1 Å². The van der Waals surface area contributed by atoms with Crippen LogP contribution in [0.2, 0.25) is 0 Å². The van der Waals surface area contributed by atoms with Crippen LogP contribution in [0.15, 0.2) is 54.6 Å². The van der Waals surface area contributed by atoms with Crippen LogP contribution in [0.3, 0.4) is 0 Å². The number of carbonyl (C=O) groups is 1. The highest BCUT2D eigenvalue weighted by Crippen LogP contribution is 2.59. The number of aromatic hydroxyl groups is 2. The van der Waals surface area contributed by atoms with Gasteiger partial charge in [0.25, 0.3) is 5.91 Å². The number of anilines is 1. The number of hydrogen-bond acceptors (Lipinski definition) is 6. The summed E-state index contributed by atoms with van der Waals surface area (Å²) in [5.74, 6) is -13.1. The van der Waals surface area contributed by atoms with Crippen molar-refractivity contribution in [3.8, 4) is 23.0 Å². The standard InChI is InChI=1S/C27H14F5NO6/c28-20-19(21(29)23(31)24(32)22(20)30)25(36)33-10-1-4-14-13(7-10)26(37)39-27(14)15-5-2-11(34)8-17(15)38-18-9-12(35)3-6-16(18)27/h1-9,26,34-35,37H,(H,33,36)/t26-/m0/s1. The number of phenolic OH excluding ortho intramolecular Hbond substituents is 2. The van der Waals surface area contributed by atoms with Crippen molar-refractivity contribution in [3.63, 3.8) is 0 Å². The summed E-state index contributed by atoms with van der Waals surface area (Å²) in [7, 11) is 0. The third-order valence-electron chi connectivity index (χ3n) is 6.59. The Bertz CT molecular complexity index is 1650. The highest BCUT2D eigenvalue weighted by molar-refractivity contribution is 6.04. The van der Waals surface area contributed by atoms with E-state index in [1.165, 1.54) is 54.6 Å². The number of aliphatic hydroxyl groups is 1. The summed E-state index contributed by atoms with van der Waals surface area (Å²) in [5, 5.41) is 32.9. The predicted octanol–water partition coefficient (Wildman–Crippen LogP) is 5.46. The lowest BCUT2D eigenvalue weighted by atomic mass is 9.77. The van der Waals surface area contributed by atoms with E-state index in [-0.39, 0.29) is 34.2 Å². The van der Waals surface area contributed by atoms with Gasteiger partial charge >= 0.3 is 0 Å². The van der Waals surface area contributed by atoms with Gasteiger partial charge in [-0.05, 0) is 36.4 Å². The Hall–Kier alpha value is -4.68. The molecule has 0 radical (unpaired) electrons. The topological polar surface area (TPSA) is 108 Å². The van der Waals surface area contributed by atoms with Crippen LogP contribution in [0.25, 0.3) is 0 Å². The van der Waals surface area contributed by atoms with Gasteiger partial charge in [-0.25, -0.2) is 22.0 Å². The van der Waals surface area contributed by atoms with Gasteiger partial charge in [-0.3, -0.25) is 4.79 Å². The Labute approximate surface area is 215 Å². The van der Waals surface area contributed by atoms with E-state index >= 15 is 0 Å². The lowest BCUT2D eigenvalue weighted by molar-refractivity contribution is -0.142. The normalized spacial score (nSPS) is 16.3. The number of benzene rings is 4. The smallest absolute Gasteiger partial charge is 0.261 e. The molecule has 0 saturated carbocycles. The van der Waals surface area contributed by atoms with Crippen molar-refractivity contribution in [3.05, 3.63) is 112 Å². The molecule has 2 aliphatic heterocycles. The molecule has 2 aliphatic rings. The first-order valence-electron chi connectivity index (χ1n) is 11.2. The fraction of sp³-hybridized carbons (Fsp3) is 0.0741. The van der Waals surface area contributed by atoms with Crippen molar-refractivity contribution >= 4 is 11.6 Å². The molecule has 1 atom stereocenters. The van der Waals surface area contributed by atoms with Crippen LogP contribution in [-0.2, 0) is 10.3 Å². The van der Waals surface area contributed by atoms with Gasteiger partial charge in [-0.2, -0.15) is 0 Å². The number of phenols is 2. The number of amides is 1. The molecule has 4 N–H and O–H groups in total. The minimum Gasteiger partial charge on any atom is -0.508 e. The van der Waals surface area contributed by atoms with E-state index in [9.17, 15) is 42.1 Å². The molecule has 4 aromatic rings. The molecule has 39 heavy (non-hydrogen) atoms. The van der Waals surface area contributed by atoms with Crippen LogP contribution < -0.4 is 10.1 Å². The van der Waals surface area contributed by atoms with Crippen LogP contribution in [0.5, 0.6) is 23.0 Å². The average Bonchev–Trinajstić information content (AvgIpc) is 3.18. The number of fused-ring (bicyclic) bond motifs is 6. The van der Waals surface area contributed by atoms with Crippen molar-refractivity contribution in [2.75, 3.05) is 5.32 Å². The molecular formula is C27H14F5NO6. The van der Waals surface area contributed by atoms with Crippen molar-refractivity contribution in [2.45, 2.75) is 11.9 Å². The molecule has 0 saturated heterocycles. The molecule has 0 fully saturated rings. The number of aliphatic hydroxyl groups excluding tert-OH is 1. The Morgan fingerprint density at radius 1 is 0.744 bits per heavy atom. The second-order valence-corrected chi connectivity index (χ2v) is 8.82. The molecule has 12 heteroatoms. The SMILES string of the molecule is O=C(Nc1ccc2c(c1)[C@@H](O)OC21c2ccc(O)cc2Oc2cc(O)ccc21)c1c(F)c(F)c(F)c(F)c1F. The highest BCUT2D eigenvalue weighted by atomic mass is 19.2. The largest absolute Gasteiger partial charge is 0.508 e. The predicted molar refractivity (Wildman–Crippen MR) is 123 cm³/mol. The third kappa shape index (κ3) is 3.45. The van der Waals surface area contributed by atoms with Gasteiger partial charge in [0, 0.05) is 40.1 Å². The second-order valence-electron chi connectivity index (χ2n) is 8.82. The minimum absolute atomic E-state index is 0.102. The molecule has 6 rings (SSSR count). The lowest BCUT2D eigenvalue weighted by Gasteiger charge is -2.37. The van der Waals surface area contributed by atoms with Gasteiger partial charge in [0.1, 0.15) is 28.6 Å². The molecule has 0 aliphatic carbocycles. The summed E-state index contributed by atoms with van der Waals surface area (Å²) >= 11 is 0. The number of nitrogens with one attached hydrogen (secondary N) is 1. The molecular weight excluding hydrogens is 529 g/mol. The Balaban J connectivity index is 1.46. The van der Waals surface area contributed by atoms with Gasteiger partial charge in [0.2, 0.25) is 5.82 Å².